The minimum atomic E-state index is 0.170. The third-order valence-electron chi connectivity index (χ3n) is 7.73. The third kappa shape index (κ3) is 2.26. The number of halogens is 2. The van der Waals surface area contributed by atoms with Crippen molar-refractivity contribution in [2.75, 3.05) is 0 Å². The van der Waals surface area contributed by atoms with Gasteiger partial charge in [-0.2, -0.15) is 0 Å². The van der Waals surface area contributed by atoms with E-state index in [1.54, 1.807) is 11.1 Å². The molecule has 0 amide bonds. The molecule has 0 aliphatic heterocycles. The van der Waals surface area contributed by atoms with E-state index in [9.17, 15) is 0 Å². The van der Waals surface area contributed by atoms with Gasteiger partial charge in [0.25, 0.3) is 0 Å². The van der Waals surface area contributed by atoms with Crippen LogP contribution < -0.4 is 0 Å². The minimum absolute atomic E-state index is 0.170. The van der Waals surface area contributed by atoms with Crippen LogP contribution in [0, 0.1) is 23.7 Å². The van der Waals surface area contributed by atoms with Gasteiger partial charge in [0, 0.05) is 14.9 Å². The lowest BCUT2D eigenvalue weighted by atomic mass is 9.49. The maximum atomic E-state index is 6.43. The second kappa shape index (κ2) is 6.11. The maximum Gasteiger partial charge on any atom is 0.0412 e. The smallest absolute Gasteiger partial charge is 0.0412 e. The van der Waals surface area contributed by atoms with Crippen LogP contribution in [0.4, 0.5) is 0 Å². The molecule has 3 aliphatic carbocycles. The first kappa shape index (κ1) is 17.3. The fourth-order valence-electron chi connectivity index (χ4n) is 6.86. The summed E-state index contributed by atoms with van der Waals surface area (Å²) in [6, 6.07) is 13.6. The number of hydrogen-bond acceptors (Lipinski definition) is 0. The van der Waals surface area contributed by atoms with Crippen LogP contribution in [0.3, 0.4) is 0 Å². The lowest BCUT2D eigenvalue weighted by molar-refractivity contribution is 0.0368. The van der Waals surface area contributed by atoms with Crippen molar-refractivity contribution in [3.63, 3.8) is 0 Å². The highest BCUT2D eigenvalue weighted by molar-refractivity contribution is 9.10. The molecule has 0 N–H and O–H groups in total. The Hall–Kier alpha value is -0.790. The molecule has 1 spiro atoms. The molecule has 3 aliphatic rings. The number of benzene rings is 2. The van der Waals surface area contributed by atoms with Crippen LogP contribution in [0.15, 0.2) is 40.9 Å². The molecule has 5 atom stereocenters. The molecule has 136 valence electrons. The molecule has 26 heavy (non-hydrogen) atoms. The average Bonchev–Trinajstić information content (AvgIpc) is 2.89. The molecule has 0 nitrogen and oxygen atoms in total. The van der Waals surface area contributed by atoms with Crippen molar-refractivity contribution in [3.8, 4) is 11.1 Å². The second-order valence-corrected chi connectivity index (χ2v) is 10.3. The number of hydrogen-bond donors (Lipinski definition) is 0. The van der Waals surface area contributed by atoms with Crippen molar-refractivity contribution in [1.29, 1.82) is 0 Å². The topological polar surface area (TPSA) is 0 Å². The summed E-state index contributed by atoms with van der Waals surface area (Å²) in [4.78, 5) is 0. The Labute approximate surface area is 170 Å². The van der Waals surface area contributed by atoms with Gasteiger partial charge in [0.15, 0.2) is 0 Å². The zero-order chi connectivity index (χ0) is 18.1. The van der Waals surface area contributed by atoms with Gasteiger partial charge >= 0.3 is 0 Å². The van der Waals surface area contributed by atoms with E-state index in [-0.39, 0.29) is 5.41 Å². The van der Waals surface area contributed by atoms with E-state index in [0.29, 0.717) is 5.92 Å². The van der Waals surface area contributed by atoms with Gasteiger partial charge in [-0.1, -0.05) is 59.9 Å². The number of rotatable bonds is 1. The lowest BCUT2D eigenvalue weighted by Gasteiger charge is -2.54. The predicted octanol–water partition coefficient (Wildman–Crippen LogP) is 7.85. The van der Waals surface area contributed by atoms with Crippen LogP contribution in [-0.4, -0.2) is 0 Å². The van der Waals surface area contributed by atoms with E-state index in [2.05, 4.69) is 66.2 Å². The van der Waals surface area contributed by atoms with Gasteiger partial charge < -0.3 is 0 Å². The summed E-state index contributed by atoms with van der Waals surface area (Å²) in [6.07, 6.45) is 6.92. The van der Waals surface area contributed by atoms with E-state index in [0.717, 1.165) is 22.8 Å². The quantitative estimate of drug-likeness (QED) is 0.433. The summed E-state index contributed by atoms with van der Waals surface area (Å²) in [5.74, 6) is 3.26. The van der Waals surface area contributed by atoms with Gasteiger partial charge in [0.05, 0.1) is 0 Å². The van der Waals surface area contributed by atoms with Crippen LogP contribution in [0.5, 0.6) is 0 Å². The van der Waals surface area contributed by atoms with E-state index < -0.39 is 0 Å². The summed E-state index contributed by atoms with van der Waals surface area (Å²) in [5, 5.41) is 0.853. The van der Waals surface area contributed by atoms with Crippen LogP contribution >= 0.6 is 27.5 Å². The molecule has 0 heterocycles. The molecule has 5 rings (SSSR count). The summed E-state index contributed by atoms with van der Waals surface area (Å²) < 4.78 is 1.20. The molecule has 2 heteroatoms. The molecule has 2 aromatic rings. The first-order chi connectivity index (χ1) is 12.5. The van der Waals surface area contributed by atoms with Crippen molar-refractivity contribution >= 4 is 27.5 Å². The van der Waals surface area contributed by atoms with Crippen molar-refractivity contribution in [2.45, 2.75) is 51.4 Å². The average molecular weight is 430 g/mol. The molecule has 2 saturated carbocycles. The Balaban J connectivity index is 1.78. The summed E-state index contributed by atoms with van der Waals surface area (Å²) in [5.41, 5.74) is 6.06. The highest BCUT2D eigenvalue weighted by Gasteiger charge is 2.56. The Kier molecular flexibility index (Phi) is 4.07. The monoisotopic (exact) mass is 428 g/mol. The summed E-state index contributed by atoms with van der Waals surface area (Å²) >= 11 is 10.2. The third-order valence-corrected chi connectivity index (χ3v) is 8.46. The molecule has 5 unspecified atom stereocenters. The predicted molar refractivity (Wildman–Crippen MR) is 114 cm³/mol. The lowest BCUT2D eigenvalue weighted by Crippen LogP contribution is -2.49. The van der Waals surface area contributed by atoms with Gasteiger partial charge in [0.2, 0.25) is 0 Å². The molecule has 2 fully saturated rings. The fraction of sp³-hybridized carbons (Fsp3) is 0.500. The van der Waals surface area contributed by atoms with Crippen molar-refractivity contribution in [2.24, 2.45) is 23.7 Å². The Bertz CT molecular complexity index is 871. The van der Waals surface area contributed by atoms with Crippen molar-refractivity contribution in [1.82, 2.24) is 0 Å². The minimum Gasteiger partial charge on any atom is -0.0843 e. The first-order valence-electron chi connectivity index (χ1n) is 10.1. The standard InChI is InChI=1S/C24H26BrCl/c1-3-15-9-16-8-14(2)24(17(10-15)11-16)22-7-5-19(26)13-21(22)20-6-4-18(25)12-23(20)24/h4-7,12-17H,3,8-11H2,1-2H3. The van der Waals surface area contributed by atoms with Crippen molar-refractivity contribution in [3.05, 3.63) is 57.0 Å². The fourth-order valence-corrected chi connectivity index (χ4v) is 7.39. The normalized spacial score (nSPS) is 34.6. The molecule has 0 radical (unpaired) electrons. The Morgan fingerprint density at radius 2 is 1.85 bits per heavy atom. The van der Waals surface area contributed by atoms with Gasteiger partial charge in [-0.05, 0) is 95.9 Å². The van der Waals surface area contributed by atoms with E-state index in [1.165, 1.54) is 47.7 Å². The molecule has 0 saturated heterocycles. The van der Waals surface area contributed by atoms with Gasteiger partial charge in [0.1, 0.15) is 0 Å². The molecule has 0 aromatic heterocycles. The number of fused-ring (bicyclic) bond motifs is 8. The summed E-state index contributed by atoms with van der Waals surface area (Å²) in [6.45, 7) is 4.90. The van der Waals surface area contributed by atoms with Gasteiger partial charge in [-0.15, -0.1) is 0 Å². The van der Waals surface area contributed by atoms with E-state index in [1.807, 2.05) is 0 Å². The van der Waals surface area contributed by atoms with Crippen LogP contribution in [0.2, 0.25) is 5.02 Å². The first-order valence-corrected chi connectivity index (χ1v) is 11.3. The molecular weight excluding hydrogens is 404 g/mol. The second-order valence-electron chi connectivity index (χ2n) is 8.93. The van der Waals surface area contributed by atoms with Crippen LogP contribution in [-0.2, 0) is 5.41 Å². The highest BCUT2D eigenvalue weighted by Crippen LogP contribution is 2.65. The molecular formula is C24H26BrCl. The van der Waals surface area contributed by atoms with Crippen LogP contribution in [0.25, 0.3) is 11.1 Å². The summed E-state index contributed by atoms with van der Waals surface area (Å²) in [7, 11) is 0. The van der Waals surface area contributed by atoms with E-state index >= 15 is 0 Å². The van der Waals surface area contributed by atoms with Gasteiger partial charge in [-0.25, -0.2) is 0 Å². The van der Waals surface area contributed by atoms with Crippen molar-refractivity contribution < 1.29 is 0 Å². The zero-order valence-electron chi connectivity index (χ0n) is 15.6. The molecule has 2 bridgehead atoms. The zero-order valence-corrected chi connectivity index (χ0v) is 17.9. The SMILES string of the molecule is CCC1CC2CC(C)C3(c4ccc(Cl)cc4-c4ccc(Br)cc43)C(C1)C2. The van der Waals surface area contributed by atoms with E-state index in [4.69, 9.17) is 11.6 Å². The maximum absolute atomic E-state index is 6.43. The van der Waals surface area contributed by atoms with Crippen LogP contribution in [0.1, 0.15) is 57.1 Å². The molecule has 2 aromatic carbocycles. The highest BCUT2D eigenvalue weighted by atomic mass is 79.9. The largest absolute Gasteiger partial charge is 0.0843 e. The van der Waals surface area contributed by atoms with Gasteiger partial charge in [-0.3, -0.25) is 0 Å². The Morgan fingerprint density at radius 3 is 2.65 bits per heavy atom. The Morgan fingerprint density at radius 1 is 1.00 bits per heavy atom.